The van der Waals surface area contributed by atoms with Crippen molar-refractivity contribution in [3.8, 4) is 6.07 Å². The van der Waals surface area contributed by atoms with Crippen LogP contribution in [-0.4, -0.2) is 24.8 Å². The number of hydrogen-bond acceptors (Lipinski definition) is 4. The van der Waals surface area contributed by atoms with E-state index in [1.54, 1.807) is 12.1 Å². The van der Waals surface area contributed by atoms with Crippen LogP contribution in [-0.2, 0) is 0 Å². The summed E-state index contributed by atoms with van der Waals surface area (Å²) >= 11 is 6.46. The van der Waals surface area contributed by atoms with Gasteiger partial charge in [0.05, 0.1) is 23.9 Å². The van der Waals surface area contributed by atoms with Crippen LogP contribution < -0.4 is 10.6 Å². The van der Waals surface area contributed by atoms with Crippen LogP contribution in [0.1, 0.15) is 18.1 Å². The molecule has 24 heavy (non-hydrogen) atoms. The normalized spacial score (nSPS) is 9.67. The van der Waals surface area contributed by atoms with E-state index in [-0.39, 0.29) is 6.61 Å². The molecule has 0 saturated heterocycles. The molecule has 2 aromatic carbocycles. The predicted molar refractivity (Wildman–Crippen MR) is 107 cm³/mol. The lowest BCUT2D eigenvalue weighted by molar-refractivity contribution is 0.302. The Morgan fingerprint density at radius 3 is 2.29 bits per heavy atom. The Bertz CT molecular complexity index is 691. The van der Waals surface area contributed by atoms with Crippen LogP contribution in [0.5, 0.6) is 0 Å². The number of nitriles is 1. The smallest absolute Gasteiger partial charge is 0.0992 e. The Balaban J connectivity index is 0.000000243. The first kappa shape index (κ1) is 20.5. The van der Waals surface area contributed by atoms with E-state index in [0.717, 1.165) is 15.5 Å². The highest BCUT2D eigenvalue weighted by Crippen LogP contribution is 2.29. The van der Waals surface area contributed by atoms with Crippen molar-refractivity contribution in [2.24, 2.45) is 0 Å². The van der Waals surface area contributed by atoms with Crippen LogP contribution >= 0.6 is 31.9 Å². The standard InChI is InChI=1S/C11H17NO.C7H4Br2N2/c1-3-12(7-8-13)11-6-4-5-10(2)9-11;8-5-1-4(3-10)2-6(9)7(5)11/h4-6,9,13H,3,7-8H2,1-2H3;1-2H,11H2. The van der Waals surface area contributed by atoms with E-state index in [1.165, 1.54) is 11.3 Å². The molecular weight excluding hydrogens is 434 g/mol. The van der Waals surface area contributed by atoms with Crippen LogP contribution in [0.4, 0.5) is 11.4 Å². The maximum Gasteiger partial charge on any atom is 0.0992 e. The number of aliphatic hydroxyl groups excluding tert-OH is 1. The molecule has 0 radical (unpaired) electrons. The Labute approximate surface area is 160 Å². The second kappa shape index (κ2) is 10.3. The molecule has 0 aliphatic rings. The lowest BCUT2D eigenvalue weighted by Crippen LogP contribution is -2.26. The van der Waals surface area contributed by atoms with Crippen LogP contribution in [0, 0.1) is 18.3 Å². The molecule has 0 aromatic heterocycles. The fraction of sp³-hybridized carbons (Fsp3) is 0.278. The Kier molecular flexibility index (Phi) is 8.83. The van der Waals surface area contributed by atoms with Gasteiger partial charge in [-0.1, -0.05) is 12.1 Å². The Hall–Kier alpha value is -1.55. The van der Waals surface area contributed by atoms with Crippen molar-refractivity contribution < 1.29 is 5.11 Å². The van der Waals surface area contributed by atoms with Gasteiger partial charge in [-0.15, -0.1) is 0 Å². The van der Waals surface area contributed by atoms with Crippen molar-refractivity contribution in [3.63, 3.8) is 0 Å². The van der Waals surface area contributed by atoms with E-state index in [1.807, 2.05) is 12.1 Å². The molecule has 0 heterocycles. The van der Waals surface area contributed by atoms with Crippen LogP contribution in [0.25, 0.3) is 0 Å². The molecule has 0 unspecified atom stereocenters. The van der Waals surface area contributed by atoms with Crippen molar-refractivity contribution in [2.45, 2.75) is 13.8 Å². The number of aliphatic hydroxyl groups is 1. The van der Waals surface area contributed by atoms with Gasteiger partial charge in [0, 0.05) is 27.7 Å². The molecule has 0 aliphatic heterocycles. The molecule has 0 atom stereocenters. The summed E-state index contributed by atoms with van der Waals surface area (Å²) in [5, 5.41) is 17.4. The number of halogens is 2. The summed E-state index contributed by atoms with van der Waals surface area (Å²) in [6, 6.07) is 13.7. The van der Waals surface area contributed by atoms with Crippen LogP contribution in [0.3, 0.4) is 0 Å². The molecule has 0 saturated carbocycles. The van der Waals surface area contributed by atoms with Crippen molar-refractivity contribution in [2.75, 3.05) is 30.3 Å². The number of likely N-dealkylation sites (N-methyl/N-ethyl adjacent to an activating group) is 1. The summed E-state index contributed by atoms with van der Waals surface area (Å²) in [6.45, 7) is 6.03. The number of nitrogens with zero attached hydrogens (tertiary/aromatic N) is 2. The molecule has 0 bridgehead atoms. The summed E-state index contributed by atoms with van der Waals surface area (Å²) < 4.78 is 1.48. The molecule has 3 N–H and O–H groups in total. The summed E-state index contributed by atoms with van der Waals surface area (Å²) in [5.74, 6) is 0. The fourth-order valence-corrected chi connectivity index (χ4v) is 3.25. The first-order chi connectivity index (χ1) is 11.4. The van der Waals surface area contributed by atoms with Gasteiger partial charge in [0.25, 0.3) is 0 Å². The first-order valence-electron chi connectivity index (χ1n) is 7.50. The molecule has 6 heteroatoms. The molecule has 2 aromatic rings. The van der Waals surface area contributed by atoms with E-state index in [0.29, 0.717) is 17.8 Å². The number of nitrogens with two attached hydrogens (primary N) is 1. The van der Waals surface area contributed by atoms with Gasteiger partial charge in [-0.3, -0.25) is 0 Å². The zero-order chi connectivity index (χ0) is 18.1. The van der Waals surface area contributed by atoms with Crippen molar-refractivity contribution in [3.05, 3.63) is 56.5 Å². The van der Waals surface area contributed by atoms with E-state index in [2.05, 4.69) is 68.8 Å². The topological polar surface area (TPSA) is 73.3 Å². The highest BCUT2D eigenvalue weighted by Gasteiger charge is 2.03. The largest absolute Gasteiger partial charge is 0.397 e. The SMILES string of the molecule is CCN(CCO)c1cccc(C)c1.N#Cc1cc(Br)c(N)c(Br)c1. The number of benzene rings is 2. The summed E-state index contributed by atoms with van der Waals surface area (Å²) in [4.78, 5) is 2.16. The zero-order valence-corrected chi connectivity index (χ0v) is 16.9. The minimum Gasteiger partial charge on any atom is -0.397 e. The second-order valence-electron chi connectivity index (χ2n) is 5.11. The van der Waals surface area contributed by atoms with Crippen molar-refractivity contribution in [1.82, 2.24) is 0 Å². The first-order valence-corrected chi connectivity index (χ1v) is 9.08. The molecule has 2 rings (SSSR count). The van der Waals surface area contributed by atoms with Gasteiger partial charge in [-0.05, 0) is 75.5 Å². The molecule has 0 fully saturated rings. The average Bonchev–Trinajstić information content (AvgIpc) is 2.57. The van der Waals surface area contributed by atoms with E-state index in [4.69, 9.17) is 16.1 Å². The van der Waals surface area contributed by atoms with Gasteiger partial charge >= 0.3 is 0 Å². The van der Waals surface area contributed by atoms with Gasteiger partial charge in [-0.25, -0.2) is 0 Å². The van der Waals surface area contributed by atoms with Crippen molar-refractivity contribution >= 4 is 43.2 Å². The number of rotatable bonds is 4. The Morgan fingerprint density at radius 2 is 1.83 bits per heavy atom. The number of aryl methyl sites for hydroxylation is 1. The summed E-state index contributed by atoms with van der Waals surface area (Å²) in [6.07, 6.45) is 0. The van der Waals surface area contributed by atoms with Crippen molar-refractivity contribution in [1.29, 1.82) is 5.26 Å². The minimum atomic E-state index is 0.210. The van der Waals surface area contributed by atoms with Gasteiger partial charge in [0.1, 0.15) is 0 Å². The summed E-state index contributed by atoms with van der Waals surface area (Å²) in [7, 11) is 0. The molecule has 0 spiro atoms. The molecular formula is C18H21Br2N3O. The van der Waals surface area contributed by atoms with Gasteiger partial charge in [0.15, 0.2) is 0 Å². The second-order valence-corrected chi connectivity index (χ2v) is 6.82. The lowest BCUT2D eigenvalue weighted by Gasteiger charge is -2.22. The van der Waals surface area contributed by atoms with Gasteiger partial charge < -0.3 is 15.7 Å². The summed E-state index contributed by atoms with van der Waals surface area (Å²) in [5.41, 5.74) is 9.25. The third-order valence-corrected chi connectivity index (χ3v) is 4.64. The monoisotopic (exact) mass is 453 g/mol. The number of anilines is 2. The number of hydrogen-bond donors (Lipinski definition) is 2. The quantitative estimate of drug-likeness (QED) is 0.668. The van der Waals surface area contributed by atoms with Crippen LogP contribution in [0.15, 0.2) is 45.3 Å². The minimum absolute atomic E-state index is 0.210. The maximum atomic E-state index is 8.86. The number of nitrogen functional groups attached to an aromatic ring is 1. The lowest BCUT2D eigenvalue weighted by atomic mass is 10.2. The molecule has 0 amide bonds. The fourth-order valence-electron chi connectivity index (χ4n) is 2.06. The predicted octanol–water partition coefficient (Wildman–Crippen LogP) is 4.48. The highest BCUT2D eigenvalue weighted by atomic mass is 79.9. The molecule has 0 aliphatic carbocycles. The van der Waals surface area contributed by atoms with Gasteiger partial charge in [0.2, 0.25) is 0 Å². The average molecular weight is 455 g/mol. The third kappa shape index (κ3) is 6.16. The van der Waals surface area contributed by atoms with Gasteiger partial charge in [-0.2, -0.15) is 5.26 Å². The van der Waals surface area contributed by atoms with E-state index < -0.39 is 0 Å². The highest BCUT2D eigenvalue weighted by molar-refractivity contribution is 9.11. The zero-order valence-electron chi connectivity index (χ0n) is 13.8. The maximum absolute atomic E-state index is 8.86. The van der Waals surface area contributed by atoms with Crippen LogP contribution in [0.2, 0.25) is 0 Å². The Morgan fingerprint density at radius 1 is 1.21 bits per heavy atom. The van der Waals surface area contributed by atoms with E-state index >= 15 is 0 Å². The van der Waals surface area contributed by atoms with E-state index in [9.17, 15) is 0 Å². The molecule has 4 nitrogen and oxygen atoms in total. The molecule has 128 valence electrons. The third-order valence-electron chi connectivity index (χ3n) is 3.33.